The van der Waals surface area contributed by atoms with Crippen LogP contribution in [0.25, 0.3) is 42.8 Å². The normalized spacial score (nSPS) is 12.0. The number of pyridine rings is 1. The van der Waals surface area contributed by atoms with Crippen LogP contribution in [0.4, 0.5) is 5.69 Å². The van der Waals surface area contributed by atoms with E-state index in [2.05, 4.69) is 11.1 Å². The Morgan fingerprint density at radius 1 is 0.861 bits per heavy atom. The van der Waals surface area contributed by atoms with Gasteiger partial charge in [-0.05, 0) is 29.3 Å². The van der Waals surface area contributed by atoms with Crippen molar-refractivity contribution in [1.82, 2.24) is 9.97 Å². The Morgan fingerprint density at radius 2 is 1.53 bits per heavy atom. The monoisotopic (exact) mass is 502 g/mol. The van der Waals surface area contributed by atoms with Crippen LogP contribution in [0.3, 0.4) is 0 Å². The zero-order valence-corrected chi connectivity index (χ0v) is 20.5. The standard InChI is InChI=1S/C29H18N4OS2/c30-16-20(28-32-21-13-7-8-14-23(21)35-28)26(34)27-25(31)24-19(17-9-3-1-4-10-17)15-22(33-29(24)36-27)18-11-5-2-6-12-18/h1-15,20H,31H2. The number of rotatable bonds is 5. The minimum absolute atomic E-state index is 0.339. The van der Waals surface area contributed by atoms with Crippen LogP contribution >= 0.6 is 22.7 Å². The number of nitrogen functional groups attached to an aromatic ring is 1. The molecule has 3 aromatic carbocycles. The summed E-state index contributed by atoms with van der Waals surface area (Å²) in [6, 6.07) is 31.6. The van der Waals surface area contributed by atoms with Gasteiger partial charge in [0.05, 0.1) is 32.5 Å². The van der Waals surface area contributed by atoms with Gasteiger partial charge in [-0.3, -0.25) is 4.79 Å². The summed E-state index contributed by atoms with van der Waals surface area (Å²) in [6.45, 7) is 0. The van der Waals surface area contributed by atoms with E-state index in [-0.39, 0.29) is 5.78 Å². The van der Waals surface area contributed by atoms with Gasteiger partial charge < -0.3 is 5.73 Å². The van der Waals surface area contributed by atoms with E-state index in [1.54, 1.807) is 0 Å². The number of benzene rings is 3. The largest absolute Gasteiger partial charge is 0.397 e. The molecule has 1 atom stereocenters. The van der Waals surface area contributed by atoms with Crippen molar-refractivity contribution in [3.63, 3.8) is 0 Å². The fraction of sp³-hybridized carbons (Fsp3) is 0.0345. The van der Waals surface area contributed by atoms with Crippen LogP contribution in [0.15, 0.2) is 91.0 Å². The quantitative estimate of drug-likeness (QED) is 0.249. The van der Waals surface area contributed by atoms with E-state index >= 15 is 0 Å². The summed E-state index contributed by atoms with van der Waals surface area (Å²) < 4.78 is 0.936. The SMILES string of the molecule is N#CC(C(=O)c1sc2nc(-c3ccccc3)cc(-c3ccccc3)c2c1N)c1nc2ccccc2s1. The van der Waals surface area contributed by atoms with Gasteiger partial charge in [-0.2, -0.15) is 5.26 Å². The number of fused-ring (bicyclic) bond motifs is 2. The van der Waals surface area contributed by atoms with Crippen LogP contribution in [0, 0.1) is 11.3 Å². The number of hydrogen-bond donors (Lipinski definition) is 1. The number of ketones is 1. The number of aromatic nitrogens is 2. The lowest BCUT2D eigenvalue weighted by Gasteiger charge is -2.09. The Balaban J connectivity index is 1.53. The molecule has 0 bridgehead atoms. The molecule has 0 fully saturated rings. The maximum Gasteiger partial charge on any atom is 0.199 e. The molecule has 2 N–H and O–H groups in total. The van der Waals surface area contributed by atoms with E-state index < -0.39 is 5.92 Å². The van der Waals surface area contributed by atoms with Crippen LogP contribution in [0.2, 0.25) is 0 Å². The molecule has 0 aliphatic carbocycles. The smallest absolute Gasteiger partial charge is 0.199 e. The number of nitrogens with two attached hydrogens (primary N) is 1. The molecule has 0 aliphatic rings. The average Bonchev–Trinajstić information content (AvgIpc) is 3.50. The minimum atomic E-state index is -1.04. The third kappa shape index (κ3) is 3.73. The van der Waals surface area contributed by atoms with Gasteiger partial charge in [-0.15, -0.1) is 22.7 Å². The summed E-state index contributed by atoms with van der Waals surface area (Å²) in [5, 5.41) is 11.2. The first-order chi connectivity index (χ1) is 17.6. The van der Waals surface area contributed by atoms with Gasteiger partial charge in [0.25, 0.3) is 0 Å². The van der Waals surface area contributed by atoms with Crippen molar-refractivity contribution in [2.45, 2.75) is 5.92 Å². The number of nitrogens with zero attached hydrogens (tertiary/aromatic N) is 3. The number of Topliss-reactive ketones (excluding diaryl/α,β-unsaturated/α-hetero) is 1. The van der Waals surface area contributed by atoms with Gasteiger partial charge in [-0.25, -0.2) is 9.97 Å². The second-order valence-corrected chi connectivity index (χ2v) is 10.3. The number of carbonyl (C=O) groups is 1. The van der Waals surface area contributed by atoms with Gasteiger partial charge >= 0.3 is 0 Å². The molecule has 0 amide bonds. The summed E-state index contributed by atoms with van der Waals surface area (Å²) in [4.78, 5) is 24.1. The van der Waals surface area contributed by atoms with E-state index in [0.717, 1.165) is 38.0 Å². The molecule has 0 radical (unpaired) electrons. The zero-order chi connectivity index (χ0) is 24.6. The van der Waals surface area contributed by atoms with Gasteiger partial charge in [0, 0.05) is 10.9 Å². The molecule has 0 spiro atoms. The Kier molecular flexibility index (Phi) is 5.53. The Morgan fingerprint density at radius 3 is 2.22 bits per heavy atom. The van der Waals surface area contributed by atoms with Crippen molar-refractivity contribution >= 4 is 54.6 Å². The molecule has 6 rings (SSSR count). The minimum Gasteiger partial charge on any atom is -0.397 e. The van der Waals surface area contributed by atoms with Crippen molar-refractivity contribution in [3.05, 3.63) is 101 Å². The second kappa shape index (κ2) is 9.00. The summed E-state index contributed by atoms with van der Waals surface area (Å²) in [7, 11) is 0. The third-order valence-corrected chi connectivity index (χ3v) is 8.24. The van der Waals surface area contributed by atoms with Crippen LogP contribution in [0.5, 0.6) is 0 Å². The van der Waals surface area contributed by atoms with Crippen LogP contribution in [-0.2, 0) is 0 Å². The maximum atomic E-state index is 13.7. The summed E-state index contributed by atoms with van der Waals surface area (Å²) in [5.74, 6) is -1.39. The third-order valence-electron chi connectivity index (χ3n) is 6.03. The molecule has 0 aliphatic heterocycles. The van der Waals surface area contributed by atoms with Crippen molar-refractivity contribution < 1.29 is 4.79 Å². The first kappa shape index (κ1) is 22.1. The molecule has 36 heavy (non-hydrogen) atoms. The molecular weight excluding hydrogens is 484 g/mol. The highest BCUT2D eigenvalue weighted by atomic mass is 32.1. The molecule has 172 valence electrons. The van der Waals surface area contributed by atoms with Gasteiger partial charge in [-0.1, -0.05) is 72.8 Å². The predicted molar refractivity (Wildman–Crippen MR) is 147 cm³/mol. The fourth-order valence-electron chi connectivity index (χ4n) is 4.28. The van der Waals surface area contributed by atoms with Crippen LogP contribution in [0.1, 0.15) is 20.6 Å². The number of hydrogen-bond acceptors (Lipinski definition) is 7. The zero-order valence-electron chi connectivity index (χ0n) is 18.9. The van der Waals surface area contributed by atoms with E-state index in [9.17, 15) is 10.1 Å². The molecule has 3 heterocycles. The summed E-state index contributed by atoms with van der Waals surface area (Å²) in [6.07, 6.45) is 0. The Hall–Kier alpha value is -4.38. The molecule has 6 aromatic rings. The molecule has 1 unspecified atom stereocenters. The summed E-state index contributed by atoms with van der Waals surface area (Å²) >= 11 is 2.59. The summed E-state index contributed by atoms with van der Waals surface area (Å²) in [5.41, 5.74) is 11.4. The van der Waals surface area contributed by atoms with Crippen molar-refractivity contribution in [3.8, 4) is 28.5 Å². The number of nitriles is 1. The van der Waals surface area contributed by atoms with E-state index in [1.807, 2.05) is 91.0 Å². The van der Waals surface area contributed by atoms with E-state index in [0.29, 0.717) is 20.4 Å². The van der Waals surface area contributed by atoms with Crippen molar-refractivity contribution in [2.75, 3.05) is 5.73 Å². The van der Waals surface area contributed by atoms with Crippen molar-refractivity contribution in [1.29, 1.82) is 5.26 Å². The molecule has 3 aromatic heterocycles. The number of thiophene rings is 1. The molecule has 5 nitrogen and oxygen atoms in total. The first-order valence-electron chi connectivity index (χ1n) is 11.3. The van der Waals surface area contributed by atoms with Gasteiger partial charge in [0.2, 0.25) is 0 Å². The lowest BCUT2D eigenvalue weighted by molar-refractivity contribution is 0.0983. The average molecular weight is 503 g/mol. The molecular formula is C29H18N4OS2. The predicted octanol–water partition coefficient (Wildman–Crippen LogP) is 7.31. The number of para-hydroxylation sites is 1. The number of carbonyl (C=O) groups excluding carboxylic acids is 1. The lowest BCUT2D eigenvalue weighted by Crippen LogP contribution is -2.11. The molecule has 7 heteroatoms. The fourth-order valence-corrected chi connectivity index (χ4v) is 6.38. The first-order valence-corrected chi connectivity index (χ1v) is 12.9. The lowest BCUT2D eigenvalue weighted by atomic mass is 9.98. The van der Waals surface area contributed by atoms with Gasteiger partial charge in [0.15, 0.2) is 11.7 Å². The Labute approximate surface area is 215 Å². The van der Waals surface area contributed by atoms with Crippen LogP contribution in [-0.4, -0.2) is 15.8 Å². The van der Waals surface area contributed by atoms with E-state index in [1.165, 1.54) is 22.7 Å². The van der Waals surface area contributed by atoms with Crippen molar-refractivity contribution in [2.24, 2.45) is 0 Å². The van der Waals surface area contributed by atoms with Gasteiger partial charge in [0.1, 0.15) is 9.84 Å². The highest BCUT2D eigenvalue weighted by Crippen LogP contribution is 2.43. The molecule has 0 saturated heterocycles. The highest BCUT2D eigenvalue weighted by Gasteiger charge is 2.30. The topological polar surface area (TPSA) is 92.7 Å². The Bertz CT molecular complexity index is 1750. The van der Waals surface area contributed by atoms with E-state index in [4.69, 9.17) is 10.7 Å². The van der Waals surface area contributed by atoms with Crippen LogP contribution < -0.4 is 5.73 Å². The molecule has 0 saturated carbocycles. The highest BCUT2D eigenvalue weighted by molar-refractivity contribution is 7.21. The number of thiazole rings is 1. The number of anilines is 1. The maximum absolute atomic E-state index is 13.7. The second-order valence-electron chi connectivity index (χ2n) is 8.26.